The monoisotopic (exact) mass is 412 g/mol. The number of hydrogen-bond acceptors (Lipinski definition) is 5. The highest BCUT2D eigenvalue weighted by molar-refractivity contribution is 7.89. The maximum absolute atomic E-state index is 12.9. The molecule has 1 amide bonds. The smallest absolute Gasteiger partial charge is 0.243 e. The van der Waals surface area contributed by atoms with Gasteiger partial charge in [0.1, 0.15) is 0 Å². The second-order valence-electron chi connectivity index (χ2n) is 7.05. The molecule has 0 bridgehead atoms. The number of benzene rings is 1. The standard InChI is InChI=1S/C20H32N2O5S/c1-4-5-6-7-12-21-20(23)16-10-13-22(14-11-16)28(24,25)17-8-9-18(26-2)19(15-17)27-3/h8-9,15-16H,4-7,10-14H2,1-3H3,(H,21,23). The summed E-state index contributed by atoms with van der Waals surface area (Å²) in [5, 5.41) is 2.99. The zero-order chi connectivity index (χ0) is 20.6. The Morgan fingerprint density at radius 2 is 1.79 bits per heavy atom. The molecule has 7 nitrogen and oxygen atoms in total. The van der Waals surface area contributed by atoms with Crippen molar-refractivity contribution in [3.05, 3.63) is 18.2 Å². The summed E-state index contributed by atoms with van der Waals surface area (Å²) in [5.74, 6) is 0.777. The van der Waals surface area contributed by atoms with Crippen LogP contribution in [0.15, 0.2) is 23.1 Å². The van der Waals surface area contributed by atoms with Crippen molar-refractivity contribution in [3.8, 4) is 11.5 Å². The van der Waals surface area contributed by atoms with Crippen LogP contribution in [0.3, 0.4) is 0 Å². The summed E-state index contributed by atoms with van der Waals surface area (Å²) in [6.07, 6.45) is 5.54. The van der Waals surface area contributed by atoms with Crippen LogP contribution in [0.1, 0.15) is 45.4 Å². The first-order valence-electron chi connectivity index (χ1n) is 9.94. The molecular formula is C20H32N2O5S. The SMILES string of the molecule is CCCCCCNC(=O)C1CCN(S(=O)(=O)c2ccc(OC)c(OC)c2)CC1. The van der Waals surface area contributed by atoms with E-state index in [9.17, 15) is 13.2 Å². The van der Waals surface area contributed by atoms with Crippen LogP contribution in [0.5, 0.6) is 11.5 Å². The second kappa shape index (κ2) is 10.7. The number of unbranched alkanes of at least 4 members (excludes halogenated alkanes) is 3. The van der Waals surface area contributed by atoms with Crippen molar-refractivity contribution in [2.75, 3.05) is 33.9 Å². The number of nitrogens with one attached hydrogen (secondary N) is 1. The van der Waals surface area contributed by atoms with Gasteiger partial charge in [0.2, 0.25) is 15.9 Å². The maximum atomic E-state index is 12.9. The lowest BCUT2D eigenvalue weighted by molar-refractivity contribution is -0.126. The molecule has 1 aromatic carbocycles. The van der Waals surface area contributed by atoms with Gasteiger partial charge >= 0.3 is 0 Å². The Bertz CT molecular complexity index is 743. The highest BCUT2D eigenvalue weighted by Gasteiger charge is 2.32. The third-order valence-corrected chi connectivity index (χ3v) is 7.04. The summed E-state index contributed by atoms with van der Waals surface area (Å²) in [7, 11) is -0.651. The molecule has 0 saturated carbocycles. The van der Waals surface area contributed by atoms with E-state index < -0.39 is 10.0 Å². The summed E-state index contributed by atoms with van der Waals surface area (Å²) in [6, 6.07) is 4.58. The fraction of sp³-hybridized carbons (Fsp3) is 0.650. The molecule has 1 aliphatic rings. The van der Waals surface area contributed by atoms with Crippen molar-refractivity contribution in [1.29, 1.82) is 0 Å². The van der Waals surface area contributed by atoms with E-state index in [2.05, 4.69) is 12.2 Å². The average Bonchev–Trinajstić information content (AvgIpc) is 2.72. The Morgan fingerprint density at radius 3 is 2.39 bits per heavy atom. The highest BCUT2D eigenvalue weighted by Crippen LogP contribution is 2.32. The molecule has 1 aliphatic heterocycles. The molecule has 2 rings (SSSR count). The molecule has 1 saturated heterocycles. The first-order valence-corrected chi connectivity index (χ1v) is 11.4. The van der Waals surface area contributed by atoms with E-state index in [1.165, 1.54) is 43.5 Å². The Hall–Kier alpha value is -1.80. The third kappa shape index (κ3) is 5.61. The maximum Gasteiger partial charge on any atom is 0.243 e. The number of piperidine rings is 1. The van der Waals surface area contributed by atoms with Crippen LogP contribution in [-0.2, 0) is 14.8 Å². The Morgan fingerprint density at radius 1 is 1.11 bits per heavy atom. The first kappa shape index (κ1) is 22.5. The predicted molar refractivity (Wildman–Crippen MR) is 108 cm³/mol. The van der Waals surface area contributed by atoms with Gasteiger partial charge < -0.3 is 14.8 Å². The van der Waals surface area contributed by atoms with Crippen molar-refractivity contribution in [2.24, 2.45) is 5.92 Å². The molecule has 0 aliphatic carbocycles. The number of hydrogen-bond donors (Lipinski definition) is 1. The molecule has 0 atom stereocenters. The fourth-order valence-corrected chi connectivity index (χ4v) is 4.88. The highest BCUT2D eigenvalue weighted by atomic mass is 32.2. The van der Waals surface area contributed by atoms with Crippen molar-refractivity contribution in [2.45, 2.75) is 50.3 Å². The first-order chi connectivity index (χ1) is 13.4. The minimum Gasteiger partial charge on any atom is -0.493 e. The van der Waals surface area contributed by atoms with Gasteiger partial charge in [-0.15, -0.1) is 0 Å². The van der Waals surface area contributed by atoms with Crippen LogP contribution in [0.4, 0.5) is 0 Å². The van der Waals surface area contributed by atoms with E-state index in [1.807, 2.05) is 0 Å². The van der Waals surface area contributed by atoms with Gasteiger partial charge in [-0.1, -0.05) is 26.2 Å². The number of carbonyl (C=O) groups is 1. The van der Waals surface area contributed by atoms with E-state index in [1.54, 1.807) is 6.07 Å². The fourth-order valence-electron chi connectivity index (χ4n) is 3.39. The van der Waals surface area contributed by atoms with Gasteiger partial charge in [0.25, 0.3) is 0 Å². The second-order valence-corrected chi connectivity index (χ2v) is 8.98. The van der Waals surface area contributed by atoms with Gasteiger partial charge in [-0.05, 0) is 31.4 Å². The van der Waals surface area contributed by atoms with Crippen LogP contribution in [0.25, 0.3) is 0 Å². The lowest BCUT2D eigenvalue weighted by Gasteiger charge is -2.30. The predicted octanol–water partition coefficient (Wildman–Crippen LogP) is 2.80. The van der Waals surface area contributed by atoms with Crippen LogP contribution < -0.4 is 14.8 Å². The molecule has 1 aromatic rings. The summed E-state index contributed by atoms with van der Waals surface area (Å²) in [4.78, 5) is 12.5. The quantitative estimate of drug-likeness (QED) is 0.597. The van der Waals surface area contributed by atoms with Crippen molar-refractivity contribution in [3.63, 3.8) is 0 Å². The minimum absolute atomic E-state index is 0.0414. The minimum atomic E-state index is -3.63. The number of carbonyl (C=O) groups excluding carboxylic acids is 1. The van der Waals surface area contributed by atoms with Gasteiger partial charge in [-0.2, -0.15) is 4.31 Å². The van der Waals surface area contributed by atoms with E-state index in [0.717, 1.165) is 12.8 Å². The van der Waals surface area contributed by atoms with E-state index in [0.29, 0.717) is 44.0 Å². The van der Waals surface area contributed by atoms with Gasteiger partial charge in [-0.3, -0.25) is 4.79 Å². The molecule has 0 spiro atoms. The molecule has 158 valence electrons. The number of ether oxygens (including phenoxy) is 2. The van der Waals surface area contributed by atoms with Crippen LogP contribution in [0, 0.1) is 5.92 Å². The number of amides is 1. The van der Waals surface area contributed by atoms with Gasteiger partial charge in [0, 0.05) is 31.6 Å². The summed E-state index contributed by atoms with van der Waals surface area (Å²) in [5.41, 5.74) is 0. The number of nitrogens with zero attached hydrogens (tertiary/aromatic N) is 1. The molecule has 1 heterocycles. The summed E-state index contributed by atoms with van der Waals surface area (Å²) in [6.45, 7) is 3.53. The zero-order valence-corrected chi connectivity index (χ0v) is 17.9. The molecule has 1 fully saturated rings. The lowest BCUT2D eigenvalue weighted by atomic mass is 9.97. The van der Waals surface area contributed by atoms with Crippen LogP contribution >= 0.6 is 0 Å². The van der Waals surface area contributed by atoms with E-state index in [-0.39, 0.29) is 16.7 Å². The van der Waals surface area contributed by atoms with Crippen LogP contribution in [-0.4, -0.2) is 52.5 Å². The average molecular weight is 413 g/mol. The van der Waals surface area contributed by atoms with Crippen molar-refractivity contribution >= 4 is 15.9 Å². The molecule has 0 radical (unpaired) electrons. The molecule has 8 heteroatoms. The molecule has 28 heavy (non-hydrogen) atoms. The van der Waals surface area contributed by atoms with Gasteiger partial charge in [0.05, 0.1) is 19.1 Å². The molecular weight excluding hydrogens is 380 g/mol. The Kier molecular flexibility index (Phi) is 8.57. The summed E-state index contributed by atoms with van der Waals surface area (Å²) < 4.78 is 37.7. The van der Waals surface area contributed by atoms with E-state index in [4.69, 9.17) is 9.47 Å². The number of sulfonamides is 1. The Balaban J connectivity index is 1.92. The number of rotatable bonds is 10. The lowest BCUT2D eigenvalue weighted by Crippen LogP contribution is -2.43. The zero-order valence-electron chi connectivity index (χ0n) is 17.1. The van der Waals surface area contributed by atoms with Gasteiger partial charge in [0.15, 0.2) is 11.5 Å². The topological polar surface area (TPSA) is 84.9 Å². The molecule has 0 aromatic heterocycles. The third-order valence-electron chi connectivity index (χ3n) is 5.15. The normalized spacial score (nSPS) is 16.0. The Labute approximate surface area is 168 Å². The van der Waals surface area contributed by atoms with E-state index >= 15 is 0 Å². The largest absolute Gasteiger partial charge is 0.493 e. The van der Waals surface area contributed by atoms with Crippen LogP contribution in [0.2, 0.25) is 0 Å². The molecule has 1 N–H and O–H groups in total. The molecule has 0 unspecified atom stereocenters. The van der Waals surface area contributed by atoms with Crippen molar-refractivity contribution in [1.82, 2.24) is 9.62 Å². The van der Waals surface area contributed by atoms with Gasteiger partial charge in [-0.25, -0.2) is 8.42 Å². The van der Waals surface area contributed by atoms with Crippen molar-refractivity contribution < 1.29 is 22.7 Å². The summed E-state index contributed by atoms with van der Waals surface area (Å²) >= 11 is 0. The number of methoxy groups -OCH3 is 2.